The molecule has 0 fully saturated rings. The van der Waals surface area contributed by atoms with Gasteiger partial charge >= 0.3 is 6.47 Å². The van der Waals surface area contributed by atoms with E-state index >= 15 is 0 Å². The van der Waals surface area contributed by atoms with Crippen LogP contribution in [-0.2, 0) is 14.3 Å². The van der Waals surface area contributed by atoms with Gasteiger partial charge in [0.2, 0.25) is 0 Å². The lowest BCUT2D eigenvalue weighted by molar-refractivity contribution is 0.0913. The lowest BCUT2D eigenvalue weighted by Gasteiger charge is -1.90. The third-order valence-corrected chi connectivity index (χ3v) is 0.331. The number of ether oxygens (including phenoxy) is 2. The average Bonchev–Trinajstić information content (AvgIpc) is 1.69. The van der Waals surface area contributed by atoms with E-state index < -0.39 is 0 Å². The molecule has 0 saturated heterocycles. The summed E-state index contributed by atoms with van der Waals surface area (Å²) in [5, 5.41) is 0. The van der Waals surface area contributed by atoms with Gasteiger partial charge in [0.05, 0.1) is 0 Å². The molecule has 2 radical (unpaired) electrons. The summed E-state index contributed by atoms with van der Waals surface area (Å²) in [5.41, 5.74) is 0. The third-order valence-electron chi connectivity index (χ3n) is 0.331. The molecule has 0 N–H and O–H groups in total. The zero-order valence-corrected chi connectivity index (χ0v) is 4.01. The maximum Gasteiger partial charge on any atom is 0.420 e. The molecule has 0 bridgehead atoms. The zero-order valence-electron chi connectivity index (χ0n) is 4.01. The molecule has 0 amide bonds. The van der Waals surface area contributed by atoms with E-state index in [2.05, 4.69) is 9.47 Å². The van der Waals surface area contributed by atoms with E-state index in [9.17, 15) is 4.79 Å². The Morgan fingerprint density at radius 2 is 2.57 bits per heavy atom. The van der Waals surface area contributed by atoms with Crippen LogP contribution < -0.4 is 0 Å². The van der Waals surface area contributed by atoms with Crippen LogP contribution in [0.15, 0.2) is 0 Å². The topological polar surface area (TPSA) is 35.5 Å². The molecule has 0 rings (SSSR count). The Bertz CT molecular complexity index is 44.2. The molecule has 0 unspecified atom stereocenters. The quantitative estimate of drug-likeness (QED) is 0.476. The van der Waals surface area contributed by atoms with Gasteiger partial charge in [0.25, 0.3) is 6.79 Å². The van der Waals surface area contributed by atoms with Crippen molar-refractivity contribution in [3.05, 3.63) is 6.79 Å². The summed E-state index contributed by atoms with van der Waals surface area (Å²) in [7, 11) is 0. The van der Waals surface area contributed by atoms with Crippen LogP contribution in [0.2, 0.25) is 0 Å². The van der Waals surface area contributed by atoms with Gasteiger partial charge in [0.15, 0.2) is 0 Å². The first kappa shape index (κ1) is 6.43. The second-order valence-corrected chi connectivity index (χ2v) is 0.753. The first-order valence-corrected chi connectivity index (χ1v) is 1.88. The van der Waals surface area contributed by atoms with Gasteiger partial charge in [-0.3, -0.25) is 0 Å². The average molecular weight is 102 g/mol. The molecule has 0 heterocycles. The standard InChI is InChI=1S/C4H6O3/c1-2-6-4-7-3-5/h4H,2H2,1H3. The van der Waals surface area contributed by atoms with E-state index in [1.165, 1.54) is 6.47 Å². The molecule has 0 aromatic carbocycles. The fourth-order valence-corrected chi connectivity index (χ4v) is 0.122. The molecule has 0 aliphatic heterocycles. The first-order chi connectivity index (χ1) is 3.41. The van der Waals surface area contributed by atoms with Crippen LogP contribution in [0, 0.1) is 6.79 Å². The van der Waals surface area contributed by atoms with Crippen molar-refractivity contribution in [2.24, 2.45) is 0 Å². The molecule has 0 aliphatic rings. The molecule has 3 heteroatoms. The SMILES string of the molecule is CCO[CH]O[C]=O. The lowest BCUT2D eigenvalue weighted by Crippen LogP contribution is -1.88. The Morgan fingerprint density at radius 3 is 3.00 bits per heavy atom. The second kappa shape index (κ2) is 5.43. The van der Waals surface area contributed by atoms with Gasteiger partial charge in [-0.25, -0.2) is 4.79 Å². The van der Waals surface area contributed by atoms with Gasteiger partial charge in [-0.1, -0.05) is 0 Å². The van der Waals surface area contributed by atoms with Crippen LogP contribution >= 0.6 is 0 Å². The third kappa shape index (κ3) is 5.43. The molecule has 0 aliphatic carbocycles. The molecule has 0 aromatic heterocycles. The summed E-state index contributed by atoms with van der Waals surface area (Å²) in [5.74, 6) is 0. The number of carbonyl (C=O) groups excluding carboxylic acids is 1. The van der Waals surface area contributed by atoms with Gasteiger partial charge < -0.3 is 9.47 Å². The Morgan fingerprint density at radius 1 is 1.86 bits per heavy atom. The van der Waals surface area contributed by atoms with Gasteiger partial charge in [-0.2, -0.15) is 0 Å². The molecule has 0 atom stereocenters. The molecule has 0 aromatic rings. The molecule has 40 valence electrons. The van der Waals surface area contributed by atoms with Crippen LogP contribution in [0.4, 0.5) is 0 Å². The van der Waals surface area contributed by atoms with Gasteiger partial charge in [-0.05, 0) is 6.92 Å². The predicted molar refractivity (Wildman–Crippen MR) is 22.7 cm³/mol. The maximum atomic E-state index is 9.22. The molecule has 0 saturated carbocycles. The van der Waals surface area contributed by atoms with E-state index in [1.54, 1.807) is 6.92 Å². The van der Waals surface area contributed by atoms with Crippen molar-refractivity contribution in [2.75, 3.05) is 6.61 Å². The summed E-state index contributed by atoms with van der Waals surface area (Å²) in [4.78, 5) is 9.22. The smallest absolute Gasteiger partial charge is 0.420 e. The van der Waals surface area contributed by atoms with E-state index in [4.69, 9.17) is 0 Å². The lowest BCUT2D eigenvalue weighted by atomic mass is 10.9. The number of hydrogen-bond donors (Lipinski definition) is 0. The van der Waals surface area contributed by atoms with Crippen molar-refractivity contribution in [2.45, 2.75) is 6.92 Å². The number of hydrogen-bond acceptors (Lipinski definition) is 3. The van der Waals surface area contributed by atoms with Crippen molar-refractivity contribution in [3.63, 3.8) is 0 Å². The first-order valence-electron chi connectivity index (χ1n) is 1.88. The van der Waals surface area contributed by atoms with Gasteiger partial charge in [0, 0.05) is 6.61 Å². The van der Waals surface area contributed by atoms with Crippen LogP contribution in [0.1, 0.15) is 6.92 Å². The summed E-state index contributed by atoms with van der Waals surface area (Å²) >= 11 is 0. The minimum absolute atomic E-state index is 0.502. The highest BCUT2D eigenvalue weighted by molar-refractivity contribution is 5.38. The fraction of sp³-hybridized carbons (Fsp3) is 0.500. The molecular weight excluding hydrogens is 96.0 g/mol. The van der Waals surface area contributed by atoms with Crippen LogP contribution in [0.25, 0.3) is 0 Å². The highest BCUT2D eigenvalue weighted by Gasteiger charge is 1.80. The Balaban J connectivity index is 2.56. The summed E-state index contributed by atoms with van der Waals surface area (Å²) in [6.07, 6.45) is 0. The Hall–Kier alpha value is -0.570. The highest BCUT2D eigenvalue weighted by atomic mass is 16.7. The fourth-order valence-electron chi connectivity index (χ4n) is 0.122. The Kier molecular flexibility index (Phi) is 4.99. The van der Waals surface area contributed by atoms with E-state index in [1.807, 2.05) is 0 Å². The molecule has 7 heavy (non-hydrogen) atoms. The minimum Gasteiger partial charge on any atom is -0.420 e. The monoisotopic (exact) mass is 102 g/mol. The molecule has 3 nitrogen and oxygen atoms in total. The summed E-state index contributed by atoms with van der Waals surface area (Å²) in [6, 6.07) is 0. The van der Waals surface area contributed by atoms with Crippen LogP contribution in [-0.4, -0.2) is 13.1 Å². The van der Waals surface area contributed by atoms with Crippen molar-refractivity contribution >= 4 is 6.47 Å². The summed E-state index contributed by atoms with van der Waals surface area (Å²) in [6.45, 7) is 4.39. The van der Waals surface area contributed by atoms with E-state index in [0.717, 1.165) is 6.79 Å². The largest absolute Gasteiger partial charge is 0.420 e. The maximum absolute atomic E-state index is 9.22. The van der Waals surface area contributed by atoms with Crippen LogP contribution in [0.3, 0.4) is 0 Å². The minimum atomic E-state index is 0.502. The highest BCUT2D eigenvalue weighted by Crippen LogP contribution is 1.77. The molecular formula is C4H6O3. The molecule has 0 spiro atoms. The van der Waals surface area contributed by atoms with Gasteiger partial charge in [0.1, 0.15) is 0 Å². The van der Waals surface area contributed by atoms with Crippen molar-refractivity contribution in [3.8, 4) is 0 Å². The zero-order chi connectivity index (χ0) is 5.54. The van der Waals surface area contributed by atoms with Crippen molar-refractivity contribution in [1.29, 1.82) is 0 Å². The van der Waals surface area contributed by atoms with E-state index in [0.29, 0.717) is 6.61 Å². The van der Waals surface area contributed by atoms with Crippen LogP contribution in [0.5, 0.6) is 0 Å². The predicted octanol–water partition coefficient (Wildman–Crippen LogP) is 0.226. The second-order valence-electron chi connectivity index (χ2n) is 0.753. The van der Waals surface area contributed by atoms with Gasteiger partial charge in [-0.15, -0.1) is 0 Å². The van der Waals surface area contributed by atoms with Crippen molar-refractivity contribution < 1.29 is 14.3 Å². The van der Waals surface area contributed by atoms with E-state index in [-0.39, 0.29) is 0 Å². The van der Waals surface area contributed by atoms with Crippen molar-refractivity contribution in [1.82, 2.24) is 0 Å². The summed E-state index contributed by atoms with van der Waals surface area (Å²) < 4.78 is 8.39. The Labute approximate surface area is 42.2 Å². The number of rotatable bonds is 4. The normalized spacial score (nSPS) is 8.14.